The van der Waals surface area contributed by atoms with E-state index in [9.17, 15) is 4.79 Å². The van der Waals surface area contributed by atoms with Crippen molar-refractivity contribution in [2.45, 2.75) is 32.0 Å². The molecule has 2 aromatic rings. The van der Waals surface area contributed by atoms with E-state index in [4.69, 9.17) is 9.47 Å². The standard InChI is InChI=1S/C19H20N2O3.ClH/c1-12(13-6-7-17-18(9-13)24-11-23-17)21-19(22)16-8-14-4-2-3-5-15(14)10-20-16;/h2-7,9,12,16,20H,8,10-11H2,1H3,(H,21,22);1H. The first-order valence-electron chi connectivity index (χ1n) is 8.21. The summed E-state index contributed by atoms with van der Waals surface area (Å²) in [6.07, 6.45) is 0.718. The Hall–Kier alpha value is -2.24. The average Bonchev–Trinajstić information content (AvgIpc) is 3.08. The minimum Gasteiger partial charge on any atom is -0.454 e. The molecule has 0 aliphatic carbocycles. The number of nitrogens with one attached hydrogen (secondary N) is 2. The molecule has 0 saturated heterocycles. The molecule has 2 N–H and O–H groups in total. The van der Waals surface area contributed by atoms with Gasteiger partial charge in [-0.25, -0.2) is 0 Å². The fourth-order valence-corrected chi connectivity index (χ4v) is 3.22. The highest BCUT2D eigenvalue weighted by molar-refractivity contribution is 5.85. The van der Waals surface area contributed by atoms with E-state index in [2.05, 4.69) is 22.8 Å². The van der Waals surface area contributed by atoms with Crippen LogP contribution in [0.15, 0.2) is 42.5 Å². The van der Waals surface area contributed by atoms with E-state index in [0.29, 0.717) is 0 Å². The molecule has 0 saturated carbocycles. The van der Waals surface area contributed by atoms with Gasteiger partial charge in [0.05, 0.1) is 12.1 Å². The van der Waals surface area contributed by atoms with Crippen molar-refractivity contribution in [3.8, 4) is 11.5 Å². The van der Waals surface area contributed by atoms with Crippen LogP contribution in [0, 0.1) is 0 Å². The normalized spacial score (nSPS) is 18.7. The number of fused-ring (bicyclic) bond motifs is 2. The van der Waals surface area contributed by atoms with Gasteiger partial charge in [-0.15, -0.1) is 12.4 Å². The lowest BCUT2D eigenvalue weighted by Crippen LogP contribution is -2.48. The van der Waals surface area contributed by atoms with Gasteiger partial charge in [0.1, 0.15) is 0 Å². The molecule has 132 valence electrons. The van der Waals surface area contributed by atoms with Crippen molar-refractivity contribution in [3.05, 3.63) is 59.2 Å². The topological polar surface area (TPSA) is 59.6 Å². The highest BCUT2D eigenvalue weighted by atomic mass is 35.5. The first-order valence-corrected chi connectivity index (χ1v) is 8.21. The van der Waals surface area contributed by atoms with Crippen LogP contribution in [0.25, 0.3) is 0 Å². The first-order chi connectivity index (χ1) is 11.7. The molecular weight excluding hydrogens is 340 g/mol. The highest BCUT2D eigenvalue weighted by Gasteiger charge is 2.25. The second kappa shape index (κ2) is 7.33. The van der Waals surface area contributed by atoms with Gasteiger partial charge >= 0.3 is 0 Å². The van der Waals surface area contributed by atoms with Crippen LogP contribution in [-0.4, -0.2) is 18.7 Å². The zero-order chi connectivity index (χ0) is 16.5. The number of rotatable bonds is 3. The van der Waals surface area contributed by atoms with Crippen LogP contribution >= 0.6 is 12.4 Å². The van der Waals surface area contributed by atoms with Gasteiger partial charge in [0.25, 0.3) is 0 Å². The van der Waals surface area contributed by atoms with Crippen molar-refractivity contribution in [1.29, 1.82) is 0 Å². The predicted molar refractivity (Wildman–Crippen MR) is 97.1 cm³/mol. The van der Waals surface area contributed by atoms with Gasteiger partial charge in [-0.05, 0) is 42.2 Å². The Balaban J connectivity index is 0.00000182. The molecule has 0 radical (unpaired) electrons. The summed E-state index contributed by atoms with van der Waals surface area (Å²) < 4.78 is 10.7. The molecule has 4 rings (SSSR count). The fraction of sp³-hybridized carbons (Fsp3) is 0.316. The molecule has 2 aromatic carbocycles. The lowest BCUT2D eigenvalue weighted by molar-refractivity contribution is -0.124. The van der Waals surface area contributed by atoms with E-state index in [0.717, 1.165) is 30.0 Å². The summed E-state index contributed by atoms with van der Waals surface area (Å²) >= 11 is 0. The Morgan fingerprint density at radius 2 is 1.92 bits per heavy atom. The van der Waals surface area contributed by atoms with Gasteiger partial charge < -0.3 is 20.1 Å². The van der Waals surface area contributed by atoms with Crippen molar-refractivity contribution < 1.29 is 14.3 Å². The number of carbonyl (C=O) groups is 1. The number of halogens is 1. The second-order valence-electron chi connectivity index (χ2n) is 6.25. The molecule has 25 heavy (non-hydrogen) atoms. The summed E-state index contributed by atoms with van der Waals surface area (Å²) in [5.41, 5.74) is 3.52. The first kappa shape index (κ1) is 17.6. The third kappa shape index (κ3) is 3.57. The Bertz CT molecular complexity index is 781. The molecule has 2 aliphatic rings. The summed E-state index contributed by atoms with van der Waals surface area (Å²) in [5, 5.41) is 6.41. The number of hydrogen-bond acceptors (Lipinski definition) is 4. The minimum atomic E-state index is -0.198. The summed E-state index contributed by atoms with van der Waals surface area (Å²) in [7, 11) is 0. The van der Waals surface area contributed by atoms with E-state index >= 15 is 0 Å². The monoisotopic (exact) mass is 360 g/mol. The van der Waals surface area contributed by atoms with Gasteiger partial charge in [-0.2, -0.15) is 0 Å². The molecule has 2 heterocycles. The molecule has 0 fully saturated rings. The van der Waals surface area contributed by atoms with E-state index in [1.54, 1.807) is 0 Å². The molecule has 5 nitrogen and oxygen atoms in total. The molecule has 0 aromatic heterocycles. The number of benzene rings is 2. The average molecular weight is 361 g/mol. The molecule has 6 heteroatoms. The van der Waals surface area contributed by atoms with Crippen LogP contribution in [-0.2, 0) is 17.8 Å². The third-order valence-electron chi connectivity index (χ3n) is 4.65. The van der Waals surface area contributed by atoms with Gasteiger partial charge in [-0.3, -0.25) is 4.79 Å². The number of hydrogen-bond donors (Lipinski definition) is 2. The maximum atomic E-state index is 12.6. The summed E-state index contributed by atoms with van der Waals surface area (Å²) in [6.45, 7) is 2.96. The summed E-state index contributed by atoms with van der Waals surface area (Å²) in [4.78, 5) is 12.6. The number of ether oxygens (including phenoxy) is 2. The quantitative estimate of drug-likeness (QED) is 0.883. The van der Waals surface area contributed by atoms with E-state index in [1.807, 2.05) is 37.3 Å². The Labute approximate surface area is 153 Å². The van der Waals surface area contributed by atoms with Crippen molar-refractivity contribution in [2.75, 3.05) is 6.79 Å². The summed E-state index contributed by atoms with van der Waals surface area (Å²) in [6, 6.07) is 13.7. The Kier molecular flexibility index (Phi) is 5.16. The molecule has 2 atom stereocenters. The highest BCUT2D eigenvalue weighted by Crippen LogP contribution is 2.34. The zero-order valence-corrected chi connectivity index (χ0v) is 14.8. The van der Waals surface area contributed by atoms with Crippen LogP contribution < -0.4 is 20.1 Å². The Morgan fingerprint density at radius 1 is 1.16 bits per heavy atom. The smallest absolute Gasteiger partial charge is 0.237 e. The molecule has 2 aliphatic heterocycles. The van der Waals surface area contributed by atoms with E-state index in [-0.39, 0.29) is 37.2 Å². The molecule has 0 bridgehead atoms. The van der Waals surface area contributed by atoms with Crippen LogP contribution in [0.3, 0.4) is 0 Å². The SMILES string of the molecule is CC(NC(=O)C1Cc2ccccc2CN1)c1ccc2c(c1)OCO2.Cl. The van der Waals surface area contributed by atoms with Crippen LogP contribution in [0.5, 0.6) is 11.5 Å². The van der Waals surface area contributed by atoms with Gasteiger partial charge in [0.2, 0.25) is 12.7 Å². The van der Waals surface area contributed by atoms with Gasteiger partial charge in [0.15, 0.2) is 11.5 Å². The van der Waals surface area contributed by atoms with Gasteiger partial charge in [0, 0.05) is 6.54 Å². The summed E-state index contributed by atoms with van der Waals surface area (Å²) in [5.74, 6) is 1.51. The maximum Gasteiger partial charge on any atom is 0.237 e. The maximum absolute atomic E-state index is 12.6. The minimum absolute atomic E-state index is 0. The molecule has 2 unspecified atom stereocenters. The van der Waals surface area contributed by atoms with Crippen LogP contribution in [0.1, 0.15) is 29.7 Å². The van der Waals surface area contributed by atoms with Crippen molar-refractivity contribution >= 4 is 18.3 Å². The lowest BCUT2D eigenvalue weighted by atomic mass is 9.95. The molecular formula is C19H21ClN2O3. The Morgan fingerprint density at radius 3 is 2.76 bits per heavy atom. The van der Waals surface area contributed by atoms with Crippen LogP contribution in [0.2, 0.25) is 0 Å². The van der Waals surface area contributed by atoms with E-state index < -0.39 is 0 Å². The van der Waals surface area contributed by atoms with Crippen molar-refractivity contribution in [3.63, 3.8) is 0 Å². The van der Waals surface area contributed by atoms with Crippen molar-refractivity contribution in [1.82, 2.24) is 10.6 Å². The third-order valence-corrected chi connectivity index (χ3v) is 4.65. The van der Waals surface area contributed by atoms with E-state index in [1.165, 1.54) is 11.1 Å². The number of carbonyl (C=O) groups excluding carboxylic acids is 1. The molecule has 0 spiro atoms. The van der Waals surface area contributed by atoms with Gasteiger partial charge in [-0.1, -0.05) is 30.3 Å². The zero-order valence-electron chi connectivity index (χ0n) is 14.0. The van der Waals surface area contributed by atoms with Crippen molar-refractivity contribution in [2.24, 2.45) is 0 Å². The predicted octanol–water partition coefficient (Wildman–Crippen LogP) is 2.73. The fourth-order valence-electron chi connectivity index (χ4n) is 3.22. The lowest BCUT2D eigenvalue weighted by Gasteiger charge is -2.26. The van der Waals surface area contributed by atoms with Crippen LogP contribution in [0.4, 0.5) is 0 Å². The largest absolute Gasteiger partial charge is 0.454 e. The molecule has 1 amide bonds. The number of amides is 1. The second-order valence-corrected chi connectivity index (χ2v) is 6.25.